The number of aromatic nitrogens is 1. The van der Waals surface area contributed by atoms with Crippen molar-refractivity contribution in [2.24, 2.45) is 5.92 Å². The number of rotatable bonds is 5. The number of hydrogen-bond acceptors (Lipinski definition) is 4. The molecule has 9 heteroatoms. The number of halogens is 1. The van der Waals surface area contributed by atoms with Crippen LogP contribution in [0.1, 0.15) is 12.0 Å². The van der Waals surface area contributed by atoms with Crippen molar-refractivity contribution >= 4 is 45.9 Å². The number of H-pyrrole nitrogens is 1. The number of fused-ring (bicyclic) bond motifs is 1. The van der Waals surface area contributed by atoms with Gasteiger partial charge in [-0.1, -0.05) is 29.8 Å². The quantitative estimate of drug-likeness (QED) is 0.530. The van der Waals surface area contributed by atoms with Gasteiger partial charge in [0.25, 0.3) is 0 Å². The first kappa shape index (κ1) is 20.7. The van der Waals surface area contributed by atoms with Crippen molar-refractivity contribution in [3.8, 4) is 5.75 Å². The Kier molecular flexibility index (Phi) is 5.81. The van der Waals surface area contributed by atoms with E-state index in [4.69, 9.17) is 16.3 Å². The van der Waals surface area contributed by atoms with Gasteiger partial charge in [0.2, 0.25) is 17.7 Å². The van der Waals surface area contributed by atoms with Crippen LogP contribution in [-0.2, 0) is 20.8 Å². The van der Waals surface area contributed by atoms with E-state index in [1.807, 2.05) is 24.3 Å². The van der Waals surface area contributed by atoms with Gasteiger partial charge in [-0.25, -0.2) is 0 Å². The molecule has 0 aliphatic carbocycles. The Morgan fingerprint density at radius 1 is 1.23 bits per heavy atom. The van der Waals surface area contributed by atoms with Crippen molar-refractivity contribution < 1.29 is 19.1 Å². The minimum Gasteiger partial charge on any atom is -0.495 e. The van der Waals surface area contributed by atoms with E-state index < -0.39 is 11.8 Å². The van der Waals surface area contributed by atoms with E-state index >= 15 is 0 Å². The molecule has 4 rings (SSSR count). The van der Waals surface area contributed by atoms with Gasteiger partial charge in [0.1, 0.15) is 5.75 Å². The summed E-state index contributed by atoms with van der Waals surface area (Å²) < 4.78 is 5.30. The van der Waals surface area contributed by atoms with Crippen LogP contribution < -0.4 is 20.5 Å². The van der Waals surface area contributed by atoms with Crippen molar-refractivity contribution in [2.45, 2.75) is 12.8 Å². The van der Waals surface area contributed by atoms with E-state index in [2.05, 4.69) is 15.8 Å². The summed E-state index contributed by atoms with van der Waals surface area (Å²) in [4.78, 5) is 41.9. The molecule has 2 heterocycles. The summed E-state index contributed by atoms with van der Waals surface area (Å²) in [7, 11) is 1.50. The summed E-state index contributed by atoms with van der Waals surface area (Å²) in [6, 6.07) is 12.6. The molecule has 1 aliphatic heterocycles. The maximum absolute atomic E-state index is 12.5. The molecule has 0 spiro atoms. The molecular formula is C22H21ClN4O4. The summed E-state index contributed by atoms with van der Waals surface area (Å²) in [6.07, 6.45) is 1.91. The van der Waals surface area contributed by atoms with E-state index in [0.717, 1.165) is 16.5 Å². The van der Waals surface area contributed by atoms with Gasteiger partial charge in [-0.05, 0) is 29.8 Å². The number of hydrogen-bond donors (Lipinski definition) is 3. The second kappa shape index (κ2) is 8.69. The van der Waals surface area contributed by atoms with Crippen LogP contribution in [0.5, 0.6) is 5.75 Å². The van der Waals surface area contributed by atoms with Crippen molar-refractivity contribution in [3.63, 3.8) is 0 Å². The third-order valence-electron chi connectivity index (χ3n) is 5.28. The number of benzene rings is 2. The van der Waals surface area contributed by atoms with Crippen LogP contribution in [0.3, 0.4) is 0 Å². The highest BCUT2D eigenvalue weighted by molar-refractivity contribution is 6.31. The lowest BCUT2D eigenvalue weighted by Crippen LogP contribution is -2.45. The fraction of sp³-hybridized carbons (Fsp3) is 0.227. The maximum atomic E-state index is 12.5. The van der Waals surface area contributed by atoms with Gasteiger partial charge < -0.3 is 14.6 Å². The van der Waals surface area contributed by atoms with Crippen LogP contribution in [0.25, 0.3) is 10.9 Å². The molecule has 0 radical (unpaired) electrons. The topological polar surface area (TPSA) is 104 Å². The van der Waals surface area contributed by atoms with Gasteiger partial charge in [-0.2, -0.15) is 0 Å². The van der Waals surface area contributed by atoms with Crippen molar-refractivity contribution in [1.29, 1.82) is 0 Å². The zero-order valence-electron chi connectivity index (χ0n) is 16.8. The highest BCUT2D eigenvalue weighted by Crippen LogP contribution is 2.35. The number of nitrogens with zero attached hydrogens (tertiary/aromatic N) is 1. The number of para-hydroxylation sites is 1. The van der Waals surface area contributed by atoms with E-state index in [1.165, 1.54) is 12.0 Å². The Labute approximate surface area is 183 Å². The lowest BCUT2D eigenvalue weighted by molar-refractivity contribution is -0.131. The molecule has 1 atom stereocenters. The van der Waals surface area contributed by atoms with E-state index in [0.29, 0.717) is 16.5 Å². The number of hydrazine groups is 1. The molecule has 2 aromatic carbocycles. The molecule has 160 valence electrons. The molecule has 0 saturated carbocycles. The summed E-state index contributed by atoms with van der Waals surface area (Å²) in [6.45, 7) is 0.166. The molecule has 8 nitrogen and oxygen atoms in total. The van der Waals surface area contributed by atoms with Gasteiger partial charge >= 0.3 is 0 Å². The first-order valence-corrected chi connectivity index (χ1v) is 10.1. The van der Waals surface area contributed by atoms with Crippen LogP contribution >= 0.6 is 11.6 Å². The molecule has 3 amide bonds. The van der Waals surface area contributed by atoms with E-state index in [1.54, 1.807) is 24.4 Å². The number of anilines is 1. The van der Waals surface area contributed by atoms with Crippen molar-refractivity contribution in [1.82, 2.24) is 15.8 Å². The maximum Gasteiger partial charge on any atom is 0.243 e. The molecule has 1 aromatic heterocycles. The number of amides is 3. The highest BCUT2D eigenvalue weighted by Gasteiger charge is 2.36. The molecule has 3 N–H and O–H groups in total. The number of ether oxygens (including phenoxy) is 1. The summed E-state index contributed by atoms with van der Waals surface area (Å²) >= 11 is 6.06. The normalized spacial score (nSPS) is 15.9. The third kappa shape index (κ3) is 4.34. The average Bonchev–Trinajstić information content (AvgIpc) is 3.35. The summed E-state index contributed by atoms with van der Waals surface area (Å²) in [5.74, 6) is -1.11. The van der Waals surface area contributed by atoms with Crippen LogP contribution in [0.4, 0.5) is 5.69 Å². The summed E-state index contributed by atoms with van der Waals surface area (Å²) in [5, 5.41) is 1.41. The number of nitrogens with one attached hydrogen (secondary N) is 3. The fourth-order valence-electron chi connectivity index (χ4n) is 3.72. The first-order valence-electron chi connectivity index (χ1n) is 9.74. The minimum absolute atomic E-state index is 0.0276. The van der Waals surface area contributed by atoms with Gasteiger partial charge in [0.05, 0.1) is 25.1 Å². The smallest absolute Gasteiger partial charge is 0.243 e. The SMILES string of the molecule is COc1ccc(Cl)cc1N1CC(C(=O)NNC(=O)Cc2c[nH]c3ccccc23)CC1=O. The van der Waals surface area contributed by atoms with E-state index in [9.17, 15) is 14.4 Å². The molecular weight excluding hydrogens is 420 g/mol. The number of aromatic amines is 1. The van der Waals surface area contributed by atoms with Gasteiger partial charge in [0.15, 0.2) is 0 Å². The largest absolute Gasteiger partial charge is 0.495 e. The number of carbonyl (C=O) groups is 3. The molecule has 1 unspecified atom stereocenters. The molecule has 1 fully saturated rings. The van der Waals surface area contributed by atoms with Crippen LogP contribution in [-0.4, -0.2) is 36.4 Å². The molecule has 1 aliphatic rings. The third-order valence-corrected chi connectivity index (χ3v) is 5.51. The van der Waals surface area contributed by atoms with Crippen LogP contribution in [0, 0.1) is 5.92 Å². The molecule has 31 heavy (non-hydrogen) atoms. The predicted molar refractivity (Wildman–Crippen MR) is 117 cm³/mol. The Hall–Kier alpha value is -3.52. The Balaban J connectivity index is 1.36. The van der Waals surface area contributed by atoms with Crippen LogP contribution in [0.15, 0.2) is 48.7 Å². The van der Waals surface area contributed by atoms with Gasteiger partial charge in [0, 0.05) is 35.1 Å². The van der Waals surface area contributed by atoms with Crippen molar-refractivity contribution in [2.75, 3.05) is 18.6 Å². The Morgan fingerprint density at radius 3 is 2.84 bits per heavy atom. The molecule has 3 aromatic rings. The van der Waals surface area contributed by atoms with Gasteiger partial charge in [-0.15, -0.1) is 0 Å². The fourth-order valence-corrected chi connectivity index (χ4v) is 3.88. The zero-order chi connectivity index (χ0) is 22.0. The molecule has 0 bridgehead atoms. The second-order valence-corrected chi connectivity index (χ2v) is 7.73. The first-order chi connectivity index (χ1) is 15.0. The lowest BCUT2D eigenvalue weighted by atomic mass is 10.1. The van der Waals surface area contributed by atoms with Gasteiger partial charge in [-0.3, -0.25) is 25.2 Å². The Bertz CT molecular complexity index is 1160. The van der Waals surface area contributed by atoms with E-state index in [-0.39, 0.29) is 31.2 Å². The average molecular weight is 441 g/mol. The summed E-state index contributed by atoms with van der Waals surface area (Å²) in [5.41, 5.74) is 7.15. The molecule has 1 saturated heterocycles. The predicted octanol–water partition coefficient (Wildman–Crippen LogP) is 2.57. The number of methoxy groups -OCH3 is 1. The number of carbonyl (C=O) groups excluding carboxylic acids is 3. The zero-order valence-corrected chi connectivity index (χ0v) is 17.5. The van der Waals surface area contributed by atoms with Crippen LogP contribution in [0.2, 0.25) is 5.02 Å². The monoisotopic (exact) mass is 440 g/mol. The second-order valence-electron chi connectivity index (χ2n) is 7.30. The standard InChI is InChI=1S/C22H21ClN4O4/c1-31-19-7-6-15(23)10-18(19)27-12-14(9-21(27)29)22(30)26-25-20(28)8-13-11-24-17-5-3-2-4-16(13)17/h2-7,10-11,14,24H,8-9,12H2,1H3,(H,25,28)(H,26,30). The highest BCUT2D eigenvalue weighted by atomic mass is 35.5. The van der Waals surface area contributed by atoms with Crippen molar-refractivity contribution in [3.05, 3.63) is 59.2 Å². The minimum atomic E-state index is -0.607. The lowest BCUT2D eigenvalue weighted by Gasteiger charge is -2.20. The Morgan fingerprint density at radius 2 is 2.03 bits per heavy atom.